The average molecular weight is 401 g/mol. The van der Waals surface area contributed by atoms with Gasteiger partial charge in [-0.3, -0.25) is 9.59 Å². The molecule has 0 aliphatic carbocycles. The molecule has 1 fully saturated rings. The number of imide groups is 1. The largest absolute Gasteiger partial charge is 0.497 e. The van der Waals surface area contributed by atoms with Crippen molar-refractivity contribution in [2.45, 2.75) is 18.4 Å². The van der Waals surface area contributed by atoms with Crippen LogP contribution in [0.5, 0.6) is 11.5 Å². The number of carbonyl (C=O) groups is 2. The van der Waals surface area contributed by atoms with Gasteiger partial charge < -0.3 is 14.3 Å². The first-order valence-corrected chi connectivity index (χ1v) is 8.95. The average Bonchev–Trinajstić information content (AvgIpc) is 3.23. The summed E-state index contributed by atoms with van der Waals surface area (Å²) in [5.41, 5.74) is 0.284. The molecule has 2 aliphatic rings. The second-order valence-electron chi connectivity index (χ2n) is 6.55. The van der Waals surface area contributed by atoms with Crippen LogP contribution in [0.3, 0.4) is 0 Å². The van der Waals surface area contributed by atoms with Gasteiger partial charge in [0, 0.05) is 17.0 Å². The molecule has 2 amide bonds. The summed E-state index contributed by atoms with van der Waals surface area (Å²) in [4.78, 5) is 32.4. The van der Waals surface area contributed by atoms with E-state index in [0.717, 1.165) is 4.90 Å². The summed E-state index contributed by atoms with van der Waals surface area (Å²) >= 11 is 5.90. The lowest BCUT2D eigenvalue weighted by Crippen LogP contribution is -2.40. The van der Waals surface area contributed by atoms with Crippen LogP contribution < -0.4 is 14.4 Å². The normalized spacial score (nSPS) is 21.1. The topological polar surface area (TPSA) is 77.4 Å². The van der Waals surface area contributed by atoms with Crippen molar-refractivity contribution < 1.29 is 23.9 Å². The molecule has 2 heterocycles. The number of halogens is 1. The molecule has 7 nitrogen and oxygen atoms in total. The molecule has 0 radical (unpaired) electrons. The van der Waals surface area contributed by atoms with Crippen LogP contribution in [-0.2, 0) is 14.4 Å². The third-order valence-electron chi connectivity index (χ3n) is 4.86. The van der Waals surface area contributed by atoms with Gasteiger partial charge in [0.25, 0.3) is 5.91 Å². The molecule has 0 bridgehead atoms. The molecule has 4 rings (SSSR count). The minimum absolute atomic E-state index is 0.0895. The Morgan fingerprint density at radius 2 is 1.82 bits per heavy atom. The molecular formula is C20H17ClN2O5. The Bertz CT molecular complexity index is 989. The zero-order chi connectivity index (χ0) is 19.9. The number of methoxy groups -OCH3 is 2. The third-order valence-corrected chi connectivity index (χ3v) is 5.12. The van der Waals surface area contributed by atoms with E-state index >= 15 is 0 Å². The molecule has 8 heteroatoms. The van der Waals surface area contributed by atoms with E-state index in [1.54, 1.807) is 56.7 Å². The summed E-state index contributed by atoms with van der Waals surface area (Å²) < 4.78 is 10.7. The second kappa shape index (κ2) is 6.83. The number of carbonyl (C=O) groups excluding carboxylic acids is 2. The summed E-state index contributed by atoms with van der Waals surface area (Å²) in [6, 6.07) is 11.8. The van der Waals surface area contributed by atoms with Gasteiger partial charge in [-0.15, -0.1) is 0 Å². The van der Waals surface area contributed by atoms with Gasteiger partial charge in [-0.1, -0.05) is 16.8 Å². The molecule has 0 N–H and O–H groups in total. The van der Waals surface area contributed by atoms with Crippen molar-refractivity contribution in [2.24, 2.45) is 5.16 Å². The van der Waals surface area contributed by atoms with Crippen LogP contribution in [0.4, 0.5) is 5.69 Å². The Morgan fingerprint density at radius 1 is 1.07 bits per heavy atom. The van der Waals surface area contributed by atoms with Crippen LogP contribution in [0.1, 0.15) is 18.4 Å². The highest BCUT2D eigenvalue weighted by atomic mass is 35.5. The third kappa shape index (κ3) is 2.88. The van der Waals surface area contributed by atoms with E-state index in [2.05, 4.69) is 5.16 Å². The molecule has 2 aromatic rings. The lowest BCUT2D eigenvalue weighted by atomic mass is 9.92. The molecule has 0 saturated carbocycles. The van der Waals surface area contributed by atoms with Gasteiger partial charge in [-0.05, 0) is 42.5 Å². The Morgan fingerprint density at radius 3 is 2.50 bits per heavy atom. The van der Waals surface area contributed by atoms with E-state index in [4.69, 9.17) is 25.9 Å². The standard InChI is InChI=1S/C20H17ClN2O5/c1-26-14-7-8-17(27-2)15(9-14)16-10-20(28-22-16)11-18(24)23(19(20)25)13-5-3-12(21)4-6-13/h3-9H,10-11H2,1-2H3. The highest BCUT2D eigenvalue weighted by molar-refractivity contribution is 6.31. The maximum Gasteiger partial charge on any atom is 0.281 e. The molecule has 1 saturated heterocycles. The minimum atomic E-state index is -1.35. The lowest BCUT2D eigenvalue weighted by molar-refractivity contribution is -0.136. The fourth-order valence-corrected chi connectivity index (χ4v) is 3.56. The van der Waals surface area contributed by atoms with Crippen molar-refractivity contribution in [3.8, 4) is 11.5 Å². The van der Waals surface area contributed by atoms with Gasteiger partial charge in [0.15, 0.2) is 0 Å². The number of hydrogen-bond donors (Lipinski definition) is 0. The Kier molecular flexibility index (Phi) is 4.47. The first kappa shape index (κ1) is 18.3. The smallest absolute Gasteiger partial charge is 0.281 e. The fraction of sp³-hybridized carbons (Fsp3) is 0.250. The summed E-state index contributed by atoms with van der Waals surface area (Å²) in [5.74, 6) is 0.407. The van der Waals surface area contributed by atoms with Crippen molar-refractivity contribution in [3.63, 3.8) is 0 Å². The number of oxime groups is 1. The van der Waals surface area contributed by atoms with Gasteiger partial charge in [-0.2, -0.15) is 0 Å². The number of ether oxygens (including phenoxy) is 2. The van der Waals surface area contributed by atoms with E-state index in [1.165, 1.54) is 0 Å². The van der Waals surface area contributed by atoms with Gasteiger partial charge in [0.2, 0.25) is 11.5 Å². The molecule has 2 aliphatic heterocycles. The van der Waals surface area contributed by atoms with Crippen LogP contribution in [0.15, 0.2) is 47.6 Å². The molecular weight excluding hydrogens is 384 g/mol. The molecule has 0 aromatic heterocycles. The number of amides is 2. The highest BCUT2D eigenvalue weighted by Crippen LogP contribution is 2.41. The quantitative estimate of drug-likeness (QED) is 0.736. The van der Waals surface area contributed by atoms with Gasteiger partial charge in [-0.25, -0.2) is 4.90 Å². The van der Waals surface area contributed by atoms with Crippen molar-refractivity contribution in [2.75, 3.05) is 19.1 Å². The van der Waals surface area contributed by atoms with Crippen LogP contribution >= 0.6 is 11.6 Å². The molecule has 1 spiro atoms. The van der Waals surface area contributed by atoms with Gasteiger partial charge >= 0.3 is 0 Å². The zero-order valence-corrected chi connectivity index (χ0v) is 16.0. The van der Waals surface area contributed by atoms with Crippen molar-refractivity contribution in [3.05, 3.63) is 53.1 Å². The number of anilines is 1. The van der Waals surface area contributed by atoms with Crippen LogP contribution in [-0.4, -0.2) is 37.3 Å². The second-order valence-corrected chi connectivity index (χ2v) is 6.99. The van der Waals surface area contributed by atoms with E-state index < -0.39 is 11.5 Å². The maximum atomic E-state index is 13.1. The SMILES string of the molecule is COc1ccc(OC)c(C2=NOC3(CC(=O)N(c4ccc(Cl)cc4)C3=O)C2)c1. The molecule has 2 aromatic carbocycles. The number of nitrogens with zero attached hydrogens (tertiary/aromatic N) is 2. The molecule has 144 valence electrons. The minimum Gasteiger partial charge on any atom is -0.497 e. The lowest BCUT2D eigenvalue weighted by Gasteiger charge is -2.19. The van der Waals surface area contributed by atoms with Crippen LogP contribution in [0.2, 0.25) is 5.02 Å². The Hall–Kier alpha value is -3.06. The predicted octanol–water partition coefficient (Wildman–Crippen LogP) is 3.18. The molecule has 1 atom stereocenters. The van der Waals surface area contributed by atoms with Crippen molar-refractivity contribution >= 4 is 34.8 Å². The summed E-state index contributed by atoms with van der Waals surface area (Å²) in [6.07, 6.45) is 0.0684. The number of benzene rings is 2. The number of hydrogen-bond acceptors (Lipinski definition) is 6. The Labute approximate surface area is 166 Å². The predicted molar refractivity (Wildman–Crippen MR) is 103 cm³/mol. The van der Waals surface area contributed by atoms with E-state index in [0.29, 0.717) is 33.5 Å². The number of rotatable bonds is 4. The Balaban J connectivity index is 1.63. The summed E-state index contributed by atoms with van der Waals surface area (Å²) in [7, 11) is 3.10. The monoisotopic (exact) mass is 400 g/mol. The fourth-order valence-electron chi connectivity index (χ4n) is 3.44. The van der Waals surface area contributed by atoms with Gasteiger partial charge in [0.05, 0.1) is 32.0 Å². The van der Waals surface area contributed by atoms with E-state index in [-0.39, 0.29) is 18.7 Å². The van der Waals surface area contributed by atoms with E-state index in [9.17, 15) is 9.59 Å². The van der Waals surface area contributed by atoms with Gasteiger partial charge in [0.1, 0.15) is 11.5 Å². The zero-order valence-electron chi connectivity index (χ0n) is 15.3. The van der Waals surface area contributed by atoms with Crippen molar-refractivity contribution in [1.82, 2.24) is 0 Å². The summed E-state index contributed by atoms with van der Waals surface area (Å²) in [5, 5.41) is 4.63. The first-order chi connectivity index (χ1) is 13.5. The first-order valence-electron chi connectivity index (χ1n) is 8.58. The molecule has 1 unspecified atom stereocenters. The van der Waals surface area contributed by atoms with Crippen LogP contribution in [0.25, 0.3) is 0 Å². The maximum absolute atomic E-state index is 13.1. The summed E-state index contributed by atoms with van der Waals surface area (Å²) in [6.45, 7) is 0. The highest BCUT2D eigenvalue weighted by Gasteiger charge is 2.58. The van der Waals surface area contributed by atoms with Crippen molar-refractivity contribution in [1.29, 1.82) is 0 Å². The van der Waals surface area contributed by atoms with E-state index in [1.807, 2.05) is 0 Å². The molecule has 28 heavy (non-hydrogen) atoms. The van der Waals surface area contributed by atoms with Crippen LogP contribution in [0, 0.1) is 0 Å².